The van der Waals surface area contributed by atoms with Crippen LogP contribution in [0, 0.1) is 0 Å². The third-order valence-corrected chi connectivity index (χ3v) is 8.35. The molecular formula is C22H19Cl2NO3S2. The summed E-state index contributed by atoms with van der Waals surface area (Å²) in [5, 5.41) is 3.00. The number of hydrogen-bond acceptors (Lipinski definition) is 4. The van der Waals surface area contributed by atoms with Gasteiger partial charge in [-0.25, -0.2) is 8.42 Å². The molecular weight excluding hydrogens is 461 g/mol. The summed E-state index contributed by atoms with van der Waals surface area (Å²) >= 11 is 13.6. The smallest absolute Gasteiger partial charge is 0.264 e. The molecule has 2 aromatic carbocycles. The molecule has 1 unspecified atom stereocenters. The zero-order valence-electron chi connectivity index (χ0n) is 15.9. The molecule has 0 bridgehead atoms. The van der Waals surface area contributed by atoms with Crippen LogP contribution in [0.2, 0.25) is 10.0 Å². The van der Waals surface area contributed by atoms with Crippen molar-refractivity contribution in [3.05, 3.63) is 80.5 Å². The van der Waals surface area contributed by atoms with E-state index in [0.29, 0.717) is 27.9 Å². The van der Waals surface area contributed by atoms with Crippen LogP contribution in [0.5, 0.6) is 0 Å². The lowest BCUT2D eigenvalue weighted by molar-refractivity contribution is 0.0686. The Morgan fingerprint density at radius 1 is 1.10 bits per heavy atom. The van der Waals surface area contributed by atoms with Gasteiger partial charge in [0.25, 0.3) is 5.91 Å². The van der Waals surface area contributed by atoms with Crippen LogP contribution < -0.4 is 0 Å². The third kappa shape index (κ3) is 4.72. The van der Waals surface area contributed by atoms with Crippen LogP contribution in [0.25, 0.3) is 11.1 Å². The summed E-state index contributed by atoms with van der Waals surface area (Å²) in [5.41, 5.74) is 2.75. The molecule has 1 atom stereocenters. The summed E-state index contributed by atoms with van der Waals surface area (Å²) in [7, 11) is -3.10. The Morgan fingerprint density at radius 2 is 1.87 bits per heavy atom. The van der Waals surface area contributed by atoms with Gasteiger partial charge in [0.2, 0.25) is 0 Å². The monoisotopic (exact) mass is 479 g/mol. The summed E-state index contributed by atoms with van der Waals surface area (Å²) in [4.78, 5) is 15.4. The van der Waals surface area contributed by atoms with Crippen molar-refractivity contribution in [1.29, 1.82) is 0 Å². The molecule has 8 heteroatoms. The quantitative estimate of drug-likeness (QED) is 0.481. The van der Waals surface area contributed by atoms with Crippen molar-refractivity contribution < 1.29 is 13.2 Å². The van der Waals surface area contributed by atoms with Crippen molar-refractivity contribution in [2.24, 2.45) is 0 Å². The van der Waals surface area contributed by atoms with Crippen LogP contribution in [0.1, 0.15) is 21.7 Å². The van der Waals surface area contributed by atoms with Crippen molar-refractivity contribution in [1.82, 2.24) is 4.90 Å². The standard InChI is InChI=1S/C22H19Cl2NO3S2/c23-17-7-8-19(20(24)12-17)16-5-3-15(4-6-16)13-25(18-9-11-30(27,28)14-18)22(26)21-2-1-10-29-21/h1-8,10,12,18H,9,11,13-14H2. The van der Waals surface area contributed by atoms with Crippen molar-refractivity contribution in [3.63, 3.8) is 0 Å². The normalized spacial score (nSPS) is 17.7. The Morgan fingerprint density at radius 3 is 2.47 bits per heavy atom. The van der Waals surface area contributed by atoms with Gasteiger partial charge in [-0.15, -0.1) is 11.3 Å². The van der Waals surface area contributed by atoms with E-state index in [1.807, 2.05) is 41.8 Å². The van der Waals surface area contributed by atoms with Gasteiger partial charge in [0, 0.05) is 28.2 Å². The minimum atomic E-state index is -3.10. The number of carbonyl (C=O) groups excluding carboxylic acids is 1. The van der Waals surface area contributed by atoms with Gasteiger partial charge in [0.15, 0.2) is 9.84 Å². The maximum atomic E-state index is 13.1. The average Bonchev–Trinajstić information content (AvgIpc) is 3.36. The number of sulfone groups is 1. The molecule has 156 valence electrons. The van der Waals surface area contributed by atoms with Crippen LogP contribution in [-0.4, -0.2) is 36.8 Å². The van der Waals surface area contributed by atoms with Crippen molar-refractivity contribution in [2.45, 2.75) is 19.0 Å². The van der Waals surface area contributed by atoms with E-state index in [2.05, 4.69) is 0 Å². The minimum Gasteiger partial charge on any atom is -0.330 e. The first-order chi connectivity index (χ1) is 14.3. The zero-order chi connectivity index (χ0) is 21.3. The number of halogens is 2. The molecule has 0 saturated carbocycles. The topological polar surface area (TPSA) is 54.5 Å². The van der Waals surface area contributed by atoms with Crippen LogP contribution in [0.3, 0.4) is 0 Å². The Bertz CT molecular complexity index is 1160. The molecule has 0 aliphatic carbocycles. The van der Waals surface area contributed by atoms with E-state index in [4.69, 9.17) is 23.2 Å². The number of carbonyl (C=O) groups is 1. The SMILES string of the molecule is O=C(c1cccs1)N(Cc1ccc(-c2ccc(Cl)cc2Cl)cc1)C1CCS(=O)(=O)C1. The first kappa shape index (κ1) is 21.4. The Labute approximate surface area is 190 Å². The van der Waals surface area contributed by atoms with E-state index in [9.17, 15) is 13.2 Å². The fourth-order valence-corrected chi connectivity index (χ4v) is 6.57. The molecule has 30 heavy (non-hydrogen) atoms. The second-order valence-electron chi connectivity index (χ2n) is 7.29. The van der Waals surface area contributed by atoms with E-state index in [1.54, 1.807) is 23.1 Å². The van der Waals surface area contributed by atoms with Crippen LogP contribution >= 0.6 is 34.5 Å². The molecule has 1 aromatic heterocycles. The summed E-state index contributed by atoms with van der Waals surface area (Å²) in [5.74, 6) is 0.0135. The molecule has 1 aliphatic heterocycles. The van der Waals surface area contributed by atoms with E-state index < -0.39 is 9.84 Å². The molecule has 3 aromatic rings. The number of benzene rings is 2. The summed E-state index contributed by atoms with van der Waals surface area (Å²) in [6.07, 6.45) is 0.470. The van der Waals surface area contributed by atoms with Crippen LogP contribution in [0.15, 0.2) is 60.0 Å². The number of amides is 1. The lowest BCUT2D eigenvalue weighted by Crippen LogP contribution is -2.40. The first-order valence-electron chi connectivity index (χ1n) is 9.42. The predicted molar refractivity (Wildman–Crippen MR) is 123 cm³/mol. The van der Waals surface area contributed by atoms with E-state index in [1.165, 1.54) is 11.3 Å². The van der Waals surface area contributed by atoms with Gasteiger partial charge in [-0.3, -0.25) is 4.79 Å². The van der Waals surface area contributed by atoms with Gasteiger partial charge in [0.05, 0.1) is 16.4 Å². The summed E-state index contributed by atoms with van der Waals surface area (Å²) < 4.78 is 24.0. The second kappa shape index (κ2) is 8.71. The van der Waals surface area contributed by atoms with Crippen LogP contribution in [-0.2, 0) is 16.4 Å². The number of rotatable bonds is 5. The number of hydrogen-bond donors (Lipinski definition) is 0. The molecule has 1 aliphatic rings. The van der Waals surface area contributed by atoms with Gasteiger partial charge >= 0.3 is 0 Å². The zero-order valence-corrected chi connectivity index (χ0v) is 19.1. The number of nitrogens with zero attached hydrogens (tertiary/aromatic N) is 1. The lowest BCUT2D eigenvalue weighted by Gasteiger charge is -2.28. The van der Waals surface area contributed by atoms with Crippen molar-refractivity contribution >= 4 is 50.3 Å². The predicted octanol–water partition coefficient (Wildman–Crippen LogP) is 5.55. The highest BCUT2D eigenvalue weighted by molar-refractivity contribution is 7.91. The lowest BCUT2D eigenvalue weighted by atomic mass is 10.0. The Kier molecular flexibility index (Phi) is 6.21. The minimum absolute atomic E-state index is 0.0164. The highest BCUT2D eigenvalue weighted by Crippen LogP contribution is 2.31. The molecule has 2 heterocycles. The first-order valence-corrected chi connectivity index (χ1v) is 12.9. The van der Waals surface area contributed by atoms with Crippen LogP contribution in [0.4, 0.5) is 0 Å². The number of thiophene rings is 1. The summed E-state index contributed by atoms with van der Waals surface area (Å²) in [6, 6.07) is 16.4. The highest BCUT2D eigenvalue weighted by Gasteiger charge is 2.35. The summed E-state index contributed by atoms with van der Waals surface area (Å²) in [6.45, 7) is 0.353. The highest BCUT2D eigenvalue weighted by atomic mass is 35.5. The fraction of sp³-hybridized carbons (Fsp3) is 0.227. The molecule has 0 radical (unpaired) electrons. The third-order valence-electron chi connectivity index (χ3n) is 5.19. The second-order valence-corrected chi connectivity index (χ2v) is 11.3. The maximum Gasteiger partial charge on any atom is 0.264 e. The van der Waals surface area contributed by atoms with Gasteiger partial charge in [-0.05, 0) is 41.1 Å². The van der Waals surface area contributed by atoms with Gasteiger partial charge in [0.1, 0.15) is 0 Å². The molecule has 1 saturated heterocycles. The average molecular weight is 480 g/mol. The van der Waals surface area contributed by atoms with E-state index in [0.717, 1.165) is 16.7 Å². The molecule has 1 fully saturated rings. The molecule has 0 spiro atoms. The maximum absolute atomic E-state index is 13.1. The fourth-order valence-electron chi connectivity index (χ4n) is 3.64. The molecule has 1 amide bonds. The van der Waals surface area contributed by atoms with Gasteiger partial charge in [-0.1, -0.05) is 59.6 Å². The molecule has 4 rings (SSSR count). The molecule has 4 nitrogen and oxygen atoms in total. The van der Waals surface area contributed by atoms with E-state index >= 15 is 0 Å². The van der Waals surface area contributed by atoms with Crippen molar-refractivity contribution in [3.8, 4) is 11.1 Å². The van der Waals surface area contributed by atoms with Crippen molar-refractivity contribution in [2.75, 3.05) is 11.5 Å². The van der Waals surface area contributed by atoms with E-state index in [-0.39, 0.29) is 23.5 Å². The Hall–Kier alpha value is -1.86. The largest absolute Gasteiger partial charge is 0.330 e. The molecule has 0 N–H and O–H groups in total. The van der Waals surface area contributed by atoms with Gasteiger partial charge in [-0.2, -0.15) is 0 Å². The Balaban J connectivity index is 1.59. The van der Waals surface area contributed by atoms with Gasteiger partial charge < -0.3 is 4.90 Å².